The van der Waals surface area contributed by atoms with E-state index in [1.807, 2.05) is 25.1 Å². The molecule has 0 unspecified atom stereocenters. The minimum absolute atomic E-state index is 0.0221. The highest BCUT2D eigenvalue weighted by Gasteiger charge is 2.21. The van der Waals surface area contributed by atoms with Gasteiger partial charge in [-0.1, -0.05) is 42.5 Å². The number of nitrogens with zero attached hydrogens (tertiary/aromatic N) is 2. The fourth-order valence-electron chi connectivity index (χ4n) is 2.22. The third kappa shape index (κ3) is 3.04. The van der Waals surface area contributed by atoms with E-state index in [1.165, 1.54) is 4.90 Å². The van der Waals surface area contributed by atoms with Crippen molar-refractivity contribution in [1.82, 2.24) is 4.90 Å². The van der Waals surface area contributed by atoms with Crippen LogP contribution in [0.5, 0.6) is 0 Å². The summed E-state index contributed by atoms with van der Waals surface area (Å²) in [5, 5.41) is 8.71. The van der Waals surface area contributed by atoms with E-state index in [4.69, 9.17) is 5.26 Å². The Labute approximate surface area is 129 Å². The molecule has 0 saturated carbocycles. The zero-order valence-electron chi connectivity index (χ0n) is 12.5. The van der Waals surface area contributed by atoms with Gasteiger partial charge in [-0.3, -0.25) is 9.59 Å². The summed E-state index contributed by atoms with van der Waals surface area (Å²) < 4.78 is 0. The Bertz CT molecular complexity index is 760. The van der Waals surface area contributed by atoms with Crippen molar-refractivity contribution in [3.63, 3.8) is 0 Å². The van der Waals surface area contributed by atoms with Crippen LogP contribution < -0.4 is 0 Å². The molecule has 0 bridgehead atoms. The van der Waals surface area contributed by atoms with Gasteiger partial charge in [-0.2, -0.15) is 5.26 Å². The summed E-state index contributed by atoms with van der Waals surface area (Å²) >= 11 is 0. The Morgan fingerprint density at radius 1 is 1.00 bits per heavy atom. The summed E-state index contributed by atoms with van der Waals surface area (Å²) in [6.07, 6.45) is 0. The summed E-state index contributed by atoms with van der Waals surface area (Å²) in [5.41, 5.74) is 2.10. The van der Waals surface area contributed by atoms with Crippen LogP contribution in [0.25, 0.3) is 0 Å². The number of hydrogen-bond acceptors (Lipinski definition) is 3. The first kappa shape index (κ1) is 15.5. The van der Waals surface area contributed by atoms with Gasteiger partial charge in [0.1, 0.15) is 6.54 Å². The van der Waals surface area contributed by atoms with Crippen LogP contribution in [-0.2, 0) is 0 Å². The molecule has 0 saturated heterocycles. The smallest absolute Gasteiger partial charge is 0.255 e. The van der Waals surface area contributed by atoms with E-state index in [0.29, 0.717) is 16.7 Å². The summed E-state index contributed by atoms with van der Waals surface area (Å²) in [5.74, 6) is -0.522. The molecule has 0 aliphatic carbocycles. The lowest BCUT2D eigenvalue weighted by molar-refractivity contribution is 0.0807. The second kappa shape index (κ2) is 6.68. The van der Waals surface area contributed by atoms with Crippen LogP contribution in [0.15, 0.2) is 48.5 Å². The first-order valence-corrected chi connectivity index (χ1v) is 6.88. The molecule has 0 atom stereocenters. The minimum atomic E-state index is -0.334. The number of amides is 1. The van der Waals surface area contributed by atoms with E-state index >= 15 is 0 Å². The predicted octanol–water partition coefficient (Wildman–Crippen LogP) is 2.82. The van der Waals surface area contributed by atoms with Gasteiger partial charge in [0.2, 0.25) is 0 Å². The SMILES string of the molecule is Cc1ccccc1C(=O)c1ccccc1C(=O)N(C)CC#N. The molecule has 22 heavy (non-hydrogen) atoms. The Morgan fingerprint density at radius 2 is 1.55 bits per heavy atom. The van der Waals surface area contributed by atoms with Gasteiger partial charge in [-0.25, -0.2) is 0 Å². The van der Waals surface area contributed by atoms with Gasteiger partial charge in [0, 0.05) is 18.2 Å². The number of aryl methyl sites for hydroxylation is 1. The van der Waals surface area contributed by atoms with Crippen molar-refractivity contribution in [1.29, 1.82) is 5.26 Å². The Hall–Kier alpha value is -2.93. The third-order valence-corrected chi connectivity index (χ3v) is 3.45. The summed E-state index contributed by atoms with van der Waals surface area (Å²) in [4.78, 5) is 26.4. The predicted molar refractivity (Wildman–Crippen MR) is 83.6 cm³/mol. The third-order valence-electron chi connectivity index (χ3n) is 3.45. The highest BCUT2D eigenvalue weighted by atomic mass is 16.2. The van der Waals surface area contributed by atoms with Crippen molar-refractivity contribution in [3.8, 4) is 6.07 Å². The molecule has 2 aromatic carbocycles. The molecule has 2 rings (SSSR count). The average molecular weight is 292 g/mol. The normalized spacial score (nSPS) is 9.86. The lowest BCUT2D eigenvalue weighted by atomic mass is 9.95. The van der Waals surface area contributed by atoms with Crippen LogP contribution in [0.2, 0.25) is 0 Å². The Morgan fingerprint density at radius 3 is 2.14 bits per heavy atom. The summed E-state index contributed by atoms with van der Waals surface area (Å²) in [6.45, 7) is 1.84. The van der Waals surface area contributed by atoms with E-state index in [-0.39, 0.29) is 18.2 Å². The van der Waals surface area contributed by atoms with Crippen molar-refractivity contribution in [2.24, 2.45) is 0 Å². The number of carbonyl (C=O) groups excluding carboxylic acids is 2. The molecule has 0 aliphatic heterocycles. The second-order valence-electron chi connectivity index (χ2n) is 5.01. The Balaban J connectivity index is 2.45. The van der Waals surface area contributed by atoms with Crippen LogP contribution in [0, 0.1) is 18.3 Å². The number of rotatable bonds is 4. The maximum Gasteiger partial charge on any atom is 0.255 e. The largest absolute Gasteiger partial charge is 0.328 e. The number of benzene rings is 2. The quantitative estimate of drug-likeness (QED) is 0.643. The van der Waals surface area contributed by atoms with E-state index in [2.05, 4.69) is 0 Å². The highest BCUT2D eigenvalue weighted by Crippen LogP contribution is 2.18. The van der Waals surface area contributed by atoms with Crippen molar-refractivity contribution in [2.45, 2.75) is 6.92 Å². The average Bonchev–Trinajstić information content (AvgIpc) is 2.54. The monoisotopic (exact) mass is 292 g/mol. The fraction of sp³-hybridized carbons (Fsp3) is 0.167. The first-order valence-electron chi connectivity index (χ1n) is 6.88. The van der Waals surface area contributed by atoms with E-state index in [0.717, 1.165) is 5.56 Å². The molecule has 2 aromatic rings. The van der Waals surface area contributed by atoms with Gasteiger partial charge in [0.05, 0.1) is 11.6 Å². The topological polar surface area (TPSA) is 61.2 Å². The number of carbonyl (C=O) groups is 2. The molecule has 110 valence electrons. The van der Waals surface area contributed by atoms with Gasteiger partial charge in [-0.05, 0) is 18.6 Å². The molecule has 0 fully saturated rings. The molecule has 0 heterocycles. The lowest BCUT2D eigenvalue weighted by Gasteiger charge is -2.16. The van der Waals surface area contributed by atoms with Crippen LogP contribution in [0.4, 0.5) is 0 Å². The zero-order chi connectivity index (χ0) is 16.1. The van der Waals surface area contributed by atoms with Gasteiger partial charge in [0.25, 0.3) is 5.91 Å². The molecule has 1 amide bonds. The van der Waals surface area contributed by atoms with Gasteiger partial charge < -0.3 is 4.90 Å². The molecule has 0 aliphatic rings. The van der Waals surface area contributed by atoms with Crippen LogP contribution in [0.1, 0.15) is 31.8 Å². The van der Waals surface area contributed by atoms with Crippen molar-refractivity contribution in [2.75, 3.05) is 13.6 Å². The number of ketones is 1. The van der Waals surface area contributed by atoms with Crippen LogP contribution >= 0.6 is 0 Å². The van der Waals surface area contributed by atoms with Gasteiger partial charge >= 0.3 is 0 Å². The van der Waals surface area contributed by atoms with Crippen LogP contribution in [-0.4, -0.2) is 30.2 Å². The maximum absolute atomic E-state index is 12.7. The zero-order valence-corrected chi connectivity index (χ0v) is 12.5. The van der Waals surface area contributed by atoms with E-state index in [9.17, 15) is 9.59 Å². The number of nitriles is 1. The summed E-state index contributed by atoms with van der Waals surface area (Å²) in [7, 11) is 1.54. The summed E-state index contributed by atoms with van der Waals surface area (Å²) in [6, 6.07) is 15.9. The molecule has 4 nitrogen and oxygen atoms in total. The van der Waals surface area contributed by atoms with E-state index in [1.54, 1.807) is 43.4 Å². The van der Waals surface area contributed by atoms with Crippen molar-refractivity contribution >= 4 is 11.7 Å². The first-order chi connectivity index (χ1) is 10.6. The Kier molecular flexibility index (Phi) is 4.70. The molecular weight excluding hydrogens is 276 g/mol. The molecular formula is C18H16N2O2. The highest BCUT2D eigenvalue weighted by molar-refractivity contribution is 6.15. The number of hydrogen-bond donors (Lipinski definition) is 0. The van der Waals surface area contributed by atoms with E-state index < -0.39 is 0 Å². The lowest BCUT2D eigenvalue weighted by Crippen LogP contribution is -2.28. The maximum atomic E-state index is 12.7. The molecule has 0 radical (unpaired) electrons. The molecule has 0 N–H and O–H groups in total. The van der Waals surface area contributed by atoms with Crippen LogP contribution in [0.3, 0.4) is 0 Å². The van der Waals surface area contributed by atoms with Gasteiger partial charge in [-0.15, -0.1) is 0 Å². The standard InChI is InChI=1S/C18H16N2O2/c1-13-7-3-4-8-14(13)17(21)15-9-5-6-10-16(15)18(22)20(2)12-11-19/h3-10H,12H2,1-2H3. The van der Waals surface area contributed by atoms with Crippen molar-refractivity contribution in [3.05, 3.63) is 70.8 Å². The molecule has 0 spiro atoms. The molecule has 0 aromatic heterocycles. The second-order valence-corrected chi connectivity index (χ2v) is 5.01. The fourth-order valence-corrected chi connectivity index (χ4v) is 2.22. The van der Waals surface area contributed by atoms with Crippen molar-refractivity contribution < 1.29 is 9.59 Å². The van der Waals surface area contributed by atoms with Gasteiger partial charge in [0.15, 0.2) is 5.78 Å². The molecule has 4 heteroatoms. The minimum Gasteiger partial charge on any atom is -0.328 e.